The van der Waals surface area contributed by atoms with Crippen LogP contribution in [0.3, 0.4) is 0 Å². The van der Waals surface area contributed by atoms with Crippen LogP contribution in [0.2, 0.25) is 0 Å². The second kappa shape index (κ2) is 5.72. The maximum atomic E-state index is 11.5. The van der Waals surface area contributed by atoms with Crippen molar-refractivity contribution in [3.8, 4) is 0 Å². The SMILES string of the molecule is Cc1cncc(C2CC(C(C)C)CCC2C(=O)O)c1. The lowest BCUT2D eigenvalue weighted by atomic mass is 9.68. The van der Waals surface area contributed by atoms with Crippen LogP contribution in [0.5, 0.6) is 0 Å². The van der Waals surface area contributed by atoms with Gasteiger partial charge in [-0.2, -0.15) is 0 Å². The molecule has 104 valence electrons. The molecule has 1 saturated carbocycles. The van der Waals surface area contributed by atoms with Gasteiger partial charge in [-0.1, -0.05) is 19.9 Å². The molecule has 19 heavy (non-hydrogen) atoms. The maximum Gasteiger partial charge on any atom is 0.307 e. The van der Waals surface area contributed by atoms with Crippen LogP contribution in [0.15, 0.2) is 18.5 Å². The molecule has 1 aliphatic rings. The number of aromatic nitrogens is 1. The van der Waals surface area contributed by atoms with Crippen LogP contribution in [-0.2, 0) is 4.79 Å². The molecule has 1 fully saturated rings. The zero-order valence-corrected chi connectivity index (χ0v) is 12.0. The van der Waals surface area contributed by atoms with Gasteiger partial charge in [-0.3, -0.25) is 9.78 Å². The topological polar surface area (TPSA) is 50.2 Å². The number of carboxylic acid groups (broad SMARTS) is 1. The van der Waals surface area contributed by atoms with Crippen molar-refractivity contribution in [1.29, 1.82) is 0 Å². The summed E-state index contributed by atoms with van der Waals surface area (Å²) in [4.78, 5) is 15.7. The Labute approximate surface area is 115 Å². The van der Waals surface area contributed by atoms with E-state index in [1.54, 1.807) is 0 Å². The monoisotopic (exact) mass is 261 g/mol. The van der Waals surface area contributed by atoms with E-state index < -0.39 is 5.97 Å². The number of pyridine rings is 1. The number of hydrogen-bond donors (Lipinski definition) is 1. The molecule has 3 nitrogen and oxygen atoms in total. The van der Waals surface area contributed by atoms with E-state index in [4.69, 9.17) is 0 Å². The summed E-state index contributed by atoms with van der Waals surface area (Å²) in [5.41, 5.74) is 2.20. The summed E-state index contributed by atoms with van der Waals surface area (Å²) in [7, 11) is 0. The molecule has 0 bridgehead atoms. The summed E-state index contributed by atoms with van der Waals surface area (Å²) < 4.78 is 0. The number of nitrogens with zero attached hydrogens (tertiary/aromatic N) is 1. The average molecular weight is 261 g/mol. The van der Waals surface area contributed by atoms with Gasteiger partial charge in [0, 0.05) is 12.4 Å². The van der Waals surface area contributed by atoms with Crippen molar-refractivity contribution in [2.75, 3.05) is 0 Å². The van der Waals surface area contributed by atoms with E-state index in [0.29, 0.717) is 11.8 Å². The quantitative estimate of drug-likeness (QED) is 0.904. The Hall–Kier alpha value is -1.38. The van der Waals surface area contributed by atoms with Crippen LogP contribution in [0, 0.1) is 24.7 Å². The van der Waals surface area contributed by atoms with Crippen LogP contribution in [0.1, 0.15) is 50.2 Å². The first kappa shape index (κ1) is 14.0. The predicted molar refractivity (Wildman–Crippen MR) is 75.0 cm³/mol. The fourth-order valence-electron chi connectivity index (χ4n) is 3.25. The number of hydrogen-bond acceptors (Lipinski definition) is 2. The molecule has 1 N–H and O–H groups in total. The van der Waals surface area contributed by atoms with E-state index in [1.165, 1.54) is 0 Å². The summed E-state index contributed by atoms with van der Waals surface area (Å²) in [6.07, 6.45) is 6.46. The van der Waals surface area contributed by atoms with Crippen LogP contribution < -0.4 is 0 Å². The molecule has 0 saturated heterocycles. The minimum absolute atomic E-state index is 0.117. The molecule has 0 aliphatic heterocycles. The van der Waals surface area contributed by atoms with E-state index in [1.807, 2.05) is 19.3 Å². The van der Waals surface area contributed by atoms with Crippen LogP contribution >= 0.6 is 0 Å². The highest BCUT2D eigenvalue weighted by atomic mass is 16.4. The molecule has 2 rings (SSSR count). The van der Waals surface area contributed by atoms with Gasteiger partial charge in [0.15, 0.2) is 0 Å². The largest absolute Gasteiger partial charge is 0.481 e. The number of carboxylic acids is 1. The van der Waals surface area contributed by atoms with Crippen molar-refractivity contribution in [3.63, 3.8) is 0 Å². The lowest BCUT2D eigenvalue weighted by molar-refractivity contribution is -0.144. The first-order valence-corrected chi connectivity index (χ1v) is 7.13. The third-order valence-corrected chi connectivity index (χ3v) is 4.48. The van der Waals surface area contributed by atoms with Gasteiger partial charge < -0.3 is 5.11 Å². The predicted octanol–water partition coefficient (Wildman–Crippen LogP) is 3.63. The molecule has 1 aromatic rings. The Morgan fingerprint density at radius 2 is 2.11 bits per heavy atom. The van der Waals surface area contributed by atoms with Gasteiger partial charge >= 0.3 is 5.97 Å². The number of aliphatic carboxylic acids is 1. The van der Waals surface area contributed by atoms with Crippen LogP contribution in [0.4, 0.5) is 0 Å². The molecule has 0 amide bonds. The van der Waals surface area contributed by atoms with Gasteiger partial charge in [0.05, 0.1) is 5.92 Å². The van der Waals surface area contributed by atoms with Crippen molar-refractivity contribution < 1.29 is 9.90 Å². The summed E-state index contributed by atoms with van der Waals surface area (Å²) in [5, 5.41) is 9.44. The highest BCUT2D eigenvalue weighted by Gasteiger charge is 2.36. The zero-order valence-electron chi connectivity index (χ0n) is 12.0. The van der Waals surface area contributed by atoms with E-state index in [0.717, 1.165) is 30.4 Å². The molecule has 0 radical (unpaired) electrons. The lowest BCUT2D eigenvalue weighted by Crippen LogP contribution is -2.31. The second-order valence-corrected chi connectivity index (χ2v) is 6.16. The van der Waals surface area contributed by atoms with Gasteiger partial charge in [0.1, 0.15) is 0 Å². The summed E-state index contributed by atoms with van der Waals surface area (Å²) in [6.45, 7) is 6.48. The molecule has 0 spiro atoms. The Balaban J connectivity index is 2.27. The lowest BCUT2D eigenvalue weighted by Gasteiger charge is -2.36. The third kappa shape index (κ3) is 3.14. The highest BCUT2D eigenvalue weighted by Crippen LogP contribution is 2.43. The molecule has 3 heteroatoms. The second-order valence-electron chi connectivity index (χ2n) is 6.16. The molecule has 3 atom stereocenters. The van der Waals surface area contributed by atoms with Crippen molar-refractivity contribution in [2.45, 2.75) is 46.0 Å². The van der Waals surface area contributed by atoms with E-state index >= 15 is 0 Å². The Bertz CT molecular complexity index is 456. The summed E-state index contributed by atoms with van der Waals surface area (Å²) in [5.74, 6) is 0.453. The van der Waals surface area contributed by atoms with E-state index in [9.17, 15) is 9.90 Å². The Morgan fingerprint density at radius 1 is 1.37 bits per heavy atom. The highest BCUT2D eigenvalue weighted by molar-refractivity contribution is 5.71. The normalized spacial score (nSPS) is 27.5. The number of rotatable bonds is 3. The molecular weight excluding hydrogens is 238 g/mol. The molecular formula is C16H23NO2. The minimum atomic E-state index is -0.659. The van der Waals surface area contributed by atoms with Gasteiger partial charge in [-0.05, 0) is 55.1 Å². The molecule has 1 aliphatic carbocycles. The van der Waals surface area contributed by atoms with E-state index in [2.05, 4.69) is 24.9 Å². The number of carbonyl (C=O) groups is 1. The molecule has 3 unspecified atom stereocenters. The first-order chi connectivity index (χ1) is 8.99. The third-order valence-electron chi connectivity index (χ3n) is 4.48. The van der Waals surface area contributed by atoms with Crippen molar-refractivity contribution in [3.05, 3.63) is 29.6 Å². The Kier molecular flexibility index (Phi) is 4.23. The average Bonchev–Trinajstić information content (AvgIpc) is 2.37. The minimum Gasteiger partial charge on any atom is -0.481 e. The van der Waals surface area contributed by atoms with Gasteiger partial charge in [0.25, 0.3) is 0 Å². The molecule has 1 heterocycles. The van der Waals surface area contributed by atoms with Gasteiger partial charge in [-0.25, -0.2) is 0 Å². The molecule has 1 aromatic heterocycles. The fraction of sp³-hybridized carbons (Fsp3) is 0.625. The standard InChI is InChI=1S/C16H23NO2/c1-10(2)12-4-5-14(16(18)19)15(7-12)13-6-11(3)8-17-9-13/h6,8-10,12,14-15H,4-5,7H2,1-3H3,(H,18,19). The van der Waals surface area contributed by atoms with Gasteiger partial charge in [0.2, 0.25) is 0 Å². The smallest absolute Gasteiger partial charge is 0.307 e. The fourth-order valence-corrected chi connectivity index (χ4v) is 3.25. The number of aryl methyl sites for hydroxylation is 1. The molecule has 0 aromatic carbocycles. The Morgan fingerprint density at radius 3 is 2.68 bits per heavy atom. The van der Waals surface area contributed by atoms with E-state index in [-0.39, 0.29) is 11.8 Å². The van der Waals surface area contributed by atoms with Crippen LogP contribution in [0.25, 0.3) is 0 Å². The van der Waals surface area contributed by atoms with Crippen molar-refractivity contribution >= 4 is 5.97 Å². The first-order valence-electron chi connectivity index (χ1n) is 7.13. The van der Waals surface area contributed by atoms with Gasteiger partial charge in [-0.15, -0.1) is 0 Å². The zero-order chi connectivity index (χ0) is 14.0. The van der Waals surface area contributed by atoms with Crippen molar-refractivity contribution in [2.24, 2.45) is 17.8 Å². The summed E-state index contributed by atoms with van der Waals surface area (Å²) >= 11 is 0. The van der Waals surface area contributed by atoms with Crippen LogP contribution in [-0.4, -0.2) is 16.1 Å². The summed E-state index contributed by atoms with van der Waals surface area (Å²) in [6, 6.07) is 2.09. The van der Waals surface area contributed by atoms with Crippen molar-refractivity contribution in [1.82, 2.24) is 4.98 Å². The maximum absolute atomic E-state index is 11.5.